The first-order chi connectivity index (χ1) is 20.5. The molecule has 0 fully saturated rings. The fraction of sp³-hybridized carbons (Fsp3) is 0.139. The number of rotatable bonds is 10. The quantitative estimate of drug-likeness (QED) is 0.168. The summed E-state index contributed by atoms with van der Waals surface area (Å²) in [6.07, 6.45) is 0.548. The molecule has 0 aliphatic carbocycles. The summed E-state index contributed by atoms with van der Waals surface area (Å²) in [6, 6.07) is 37.0. The Kier molecular flexibility index (Phi) is 7.62. The second-order valence-electron chi connectivity index (χ2n) is 10.2. The summed E-state index contributed by atoms with van der Waals surface area (Å²) in [7, 11) is 1.68. The lowest BCUT2D eigenvalue weighted by Gasteiger charge is -2.11. The lowest BCUT2D eigenvalue weighted by molar-refractivity contribution is -0.137. The van der Waals surface area contributed by atoms with Gasteiger partial charge in [-0.25, -0.2) is 0 Å². The number of aliphatic carboxylic acids is 1. The number of carboxylic acid groups (broad SMARTS) is 1. The maximum Gasteiger partial charge on any atom is 0.303 e. The molecule has 0 saturated carbocycles. The van der Waals surface area contributed by atoms with Crippen molar-refractivity contribution >= 4 is 27.8 Å². The highest BCUT2D eigenvalue weighted by molar-refractivity contribution is 6.11. The van der Waals surface area contributed by atoms with E-state index >= 15 is 0 Å². The van der Waals surface area contributed by atoms with Crippen LogP contribution in [0, 0.1) is 0 Å². The molecule has 0 bridgehead atoms. The number of carboxylic acids is 1. The van der Waals surface area contributed by atoms with Gasteiger partial charge < -0.3 is 24.3 Å². The predicted octanol–water partition coefficient (Wildman–Crippen LogP) is 7.86. The van der Waals surface area contributed by atoms with E-state index in [2.05, 4.69) is 53.1 Å². The molecule has 42 heavy (non-hydrogen) atoms. The topological polar surface area (TPSA) is 80.9 Å². The average molecular weight is 558 g/mol. The highest BCUT2D eigenvalue weighted by atomic mass is 16.5. The molecular weight excluding hydrogens is 526 g/mol. The molecule has 0 amide bonds. The van der Waals surface area contributed by atoms with Crippen LogP contribution in [0.15, 0.2) is 109 Å². The lowest BCUT2D eigenvalue weighted by atomic mass is 9.99. The Morgan fingerprint density at radius 3 is 1.95 bits per heavy atom. The zero-order valence-electron chi connectivity index (χ0n) is 23.3. The molecule has 0 aliphatic rings. The van der Waals surface area contributed by atoms with E-state index in [-0.39, 0.29) is 13.0 Å². The zero-order valence-corrected chi connectivity index (χ0v) is 23.3. The molecule has 0 atom stereocenters. The molecule has 1 heterocycles. The minimum atomic E-state index is -0.820. The van der Waals surface area contributed by atoms with Crippen LogP contribution in [0.25, 0.3) is 49.7 Å². The highest BCUT2D eigenvalue weighted by Crippen LogP contribution is 2.38. The number of benzene rings is 5. The fourth-order valence-corrected chi connectivity index (χ4v) is 5.42. The Bertz CT molecular complexity index is 1780. The Morgan fingerprint density at radius 2 is 1.33 bits per heavy atom. The van der Waals surface area contributed by atoms with E-state index in [0.717, 1.165) is 61.1 Å². The number of fused-ring (bicyclic) bond motifs is 3. The first-order valence-corrected chi connectivity index (χ1v) is 13.9. The Hall–Kier alpha value is -5.07. The van der Waals surface area contributed by atoms with Crippen molar-refractivity contribution in [3.8, 4) is 39.4 Å². The van der Waals surface area contributed by atoms with Gasteiger partial charge in [0.2, 0.25) is 0 Å². The average Bonchev–Trinajstić information content (AvgIpc) is 3.36. The van der Waals surface area contributed by atoms with E-state index in [1.54, 1.807) is 7.11 Å². The number of carbonyl (C=O) groups is 1. The van der Waals surface area contributed by atoms with Crippen LogP contribution in [-0.4, -0.2) is 34.5 Å². The molecule has 0 unspecified atom stereocenters. The molecule has 0 radical (unpaired) electrons. The summed E-state index contributed by atoms with van der Waals surface area (Å²) in [5.41, 5.74) is 8.33. The number of methoxy groups -OCH3 is 1. The molecule has 6 aromatic rings. The van der Waals surface area contributed by atoms with Crippen LogP contribution < -0.4 is 9.47 Å². The number of aliphatic hydroxyl groups excluding tert-OH is 1. The van der Waals surface area contributed by atoms with Crippen molar-refractivity contribution in [2.24, 2.45) is 0 Å². The van der Waals surface area contributed by atoms with Gasteiger partial charge in [-0.15, -0.1) is 0 Å². The van der Waals surface area contributed by atoms with Gasteiger partial charge in [0, 0.05) is 22.9 Å². The van der Waals surface area contributed by atoms with Crippen molar-refractivity contribution in [1.82, 2.24) is 4.57 Å². The molecule has 2 N–H and O–H groups in total. The molecule has 210 valence electrons. The maximum absolute atomic E-state index is 10.8. The normalized spacial score (nSPS) is 11.2. The molecular formula is C36H31NO5. The largest absolute Gasteiger partial charge is 0.497 e. The van der Waals surface area contributed by atoms with Crippen LogP contribution in [0.5, 0.6) is 11.5 Å². The predicted molar refractivity (Wildman–Crippen MR) is 166 cm³/mol. The summed E-state index contributed by atoms with van der Waals surface area (Å²) >= 11 is 0. The van der Waals surface area contributed by atoms with Gasteiger partial charge in [-0.05, 0) is 101 Å². The van der Waals surface area contributed by atoms with Crippen molar-refractivity contribution in [3.05, 3.63) is 115 Å². The van der Waals surface area contributed by atoms with Gasteiger partial charge in [0.1, 0.15) is 11.5 Å². The van der Waals surface area contributed by atoms with Gasteiger partial charge in [-0.2, -0.15) is 0 Å². The minimum absolute atomic E-state index is 0.00143. The van der Waals surface area contributed by atoms with Crippen LogP contribution in [0.1, 0.15) is 18.4 Å². The van der Waals surface area contributed by atoms with Crippen LogP contribution in [-0.2, 0) is 11.4 Å². The van der Waals surface area contributed by atoms with Crippen molar-refractivity contribution in [2.45, 2.75) is 19.4 Å². The Labute approximate surface area is 244 Å². The third-order valence-electron chi connectivity index (χ3n) is 7.51. The van der Waals surface area contributed by atoms with E-state index in [1.807, 2.05) is 60.7 Å². The Morgan fingerprint density at radius 1 is 0.714 bits per heavy atom. The number of hydrogen-bond acceptors (Lipinski definition) is 4. The second kappa shape index (κ2) is 11.8. The van der Waals surface area contributed by atoms with Crippen LogP contribution >= 0.6 is 0 Å². The lowest BCUT2D eigenvalue weighted by Crippen LogP contribution is -2.02. The second-order valence-corrected chi connectivity index (χ2v) is 10.2. The molecule has 6 rings (SSSR count). The van der Waals surface area contributed by atoms with Crippen LogP contribution in [0.3, 0.4) is 0 Å². The summed E-state index contributed by atoms with van der Waals surface area (Å²) in [5, 5.41) is 20.8. The third kappa shape index (κ3) is 5.45. The first-order valence-electron chi connectivity index (χ1n) is 13.9. The van der Waals surface area contributed by atoms with Crippen LogP contribution in [0.2, 0.25) is 0 Å². The van der Waals surface area contributed by atoms with Gasteiger partial charge in [0.05, 0.1) is 31.4 Å². The summed E-state index contributed by atoms with van der Waals surface area (Å²) in [6.45, 7) is 0.354. The highest BCUT2D eigenvalue weighted by Gasteiger charge is 2.15. The monoisotopic (exact) mass is 557 g/mol. The molecule has 1 aromatic heterocycles. The zero-order chi connectivity index (χ0) is 29.1. The van der Waals surface area contributed by atoms with Gasteiger partial charge in [0.25, 0.3) is 0 Å². The number of nitrogens with zero attached hydrogens (tertiary/aromatic N) is 1. The molecule has 0 saturated heterocycles. The number of hydrogen-bond donors (Lipinski definition) is 2. The van der Waals surface area contributed by atoms with E-state index in [4.69, 9.17) is 14.6 Å². The SMILES string of the molecule is COc1cccc(-c2ccc3c(c2)c2cc(-c4cccc(CO)c4)ccc2n3-c2ccc(OCCCC(=O)O)cc2)c1. The van der Waals surface area contributed by atoms with E-state index in [9.17, 15) is 9.90 Å². The molecule has 6 heteroatoms. The van der Waals surface area contributed by atoms with Crippen molar-refractivity contribution in [1.29, 1.82) is 0 Å². The summed E-state index contributed by atoms with van der Waals surface area (Å²) in [4.78, 5) is 10.8. The van der Waals surface area contributed by atoms with Gasteiger partial charge >= 0.3 is 5.97 Å². The minimum Gasteiger partial charge on any atom is -0.497 e. The Balaban J connectivity index is 1.47. The third-order valence-corrected chi connectivity index (χ3v) is 7.51. The van der Waals surface area contributed by atoms with E-state index in [1.165, 1.54) is 0 Å². The van der Waals surface area contributed by atoms with Crippen molar-refractivity contribution in [2.75, 3.05) is 13.7 Å². The first kappa shape index (κ1) is 27.1. The maximum atomic E-state index is 10.8. The number of ether oxygens (including phenoxy) is 2. The van der Waals surface area contributed by atoms with Crippen molar-refractivity contribution < 1.29 is 24.5 Å². The molecule has 5 aromatic carbocycles. The standard InChI is InChI=1S/C36H31NO5/c1-41-31-8-3-7-26(20-31)28-11-17-35-33(22-28)32-21-27(25-6-2-5-24(19-25)23-38)10-16-34(32)37(35)29-12-14-30(15-13-29)42-18-4-9-36(39)40/h2-3,5-8,10-17,19-22,38H,4,9,18,23H2,1H3,(H,39,40). The van der Waals surface area contributed by atoms with Gasteiger partial charge in [-0.3, -0.25) is 4.79 Å². The van der Waals surface area contributed by atoms with Crippen LogP contribution in [0.4, 0.5) is 0 Å². The summed E-state index contributed by atoms with van der Waals surface area (Å²) < 4.78 is 13.5. The van der Waals surface area contributed by atoms with E-state index in [0.29, 0.717) is 18.8 Å². The molecule has 0 aliphatic heterocycles. The number of aliphatic hydroxyl groups is 1. The van der Waals surface area contributed by atoms with Gasteiger partial charge in [0.15, 0.2) is 0 Å². The fourth-order valence-electron chi connectivity index (χ4n) is 5.42. The van der Waals surface area contributed by atoms with Gasteiger partial charge in [-0.1, -0.05) is 42.5 Å². The molecule has 0 spiro atoms. The smallest absolute Gasteiger partial charge is 0.303 e. The van der Waals surface area contributed by atoms with E-state index < -0.39 is 5.97 Å². The number of aromatic nitrogens is 1. The summed E-state index contributed by atoms with van der Waals surface area (Å²) in [5.74, 6) is 0.696. The molecule has 6 nitrogen and oxygen atoms in total. The van der Waals surface area contributed by atoms with Crippen molar-refractivity contribution in [3.63, 3.8) is 0 Å².